The number of carbonyl (C=O) groups excluding carboxylic acids is 3. The molecule has 0 saturated heterocycles. The zero-order valence-corrected chi connectivity index (χ0v) is 18.8. The van der Waals surface area contributed by atoms with Gasteiger partial charge in [0.2, 0.25) is 0 Å². The molecule has 0 bridgehead atoms. The van der Waals surface area contributed by atoms with Gasteiger partial charge < -0.3 is 15.4 Å². The molecule has 2 rings (SSSR count). The number of hydrogen-bond acceptors (Lipinski definition) is 6. The fourth-order valence-corrected chi connectivity index (χ4v) is 3.31. The van der Waals surface area contributed by atoms with Crippen LogP contribution in [0.5, 0.6) is 0 Å². The minimum absolute atomic E-state index is 0.00928. The number of benzene rings is 2. The third-order valence-electron chi connectivity index (χ3n) is 4.04. The minimum Gasteiger partial charge on any atom is -0.452 e. The van der Waals surface area contributed by atoms with Crippen molar-refractivity contribution in [2.45, 2.75) is 18.7 Å². The molecule has 2 aromatic carbocycles. The van der Waals surface area contributed by atoms with Gasteiger partial charge in [0.1, 0.15) is 0 Å². The van der Waals surface area contributed by atoms with Crippen LogP contribution in [0.25, 0.3) is 0 Å². The number of para-hydroxylation sites is 1. The van der Waals surface area contributed by atoms with E-state index in [-0.39, 0.29) is 38.6 Å². The molecule has 0 radical (unpaired) electrons. The van der Waals surface area contributed by atoms with Crippen molar-refractivity contribution in [3.8, 4) is 0 Å². The van der Waals surface area contributed by atoms with Gasteiger partial charge in [-0.1, -0.05) is 37.6 Å². The van der Waals surface area contributed by atoms with E-state index in [0.29, 0.717) is 6.54 Å². The quantitative estimate of drug-likeness (QED) is 0.577. The minimum atomic E-state index is -3.55. The lowest BCUT2D eigenvalue weighted by Crippen LogP contribution is -2.29. The zero-order chi connectivity index (χ0) is 23.2. The van der Waals surface area contributed by atoms with E-state index in [9.17, 15) is 22.8 Å². The summed E-state index contributed by atoms with van der Waals surface area (Å²) in [5.41, 5.74) is 0.361. The highest BCUT2D eigenvalue weighted by Crippen LogP contribution is 2.21. The lowest BCUT2D eigenvalue weighted by Gasteiger charge is -2.13. The second kappa shape index (κ2) is 10.4. The highest BCUT2D eigenvalue weighted by atomic mass is 35.5. The molecule has 8 nitrogen and oxygen atoms in total. The second-order valence-corrected chi connectivity index (χ2v) is 9.61. The van der Waals surface area contributed by atoms with E-state index in [1.165, 1.54) is 12.1 Å². The van der Waals surface area contributed by atoms with Gasteiger partial charge in [0.15, 0.2) is 16.4 Å². The fraction of sp³-hybridized carbons (Fsp3) is 0.286. The van der Waals surface area contributed by atoms with Gasteiger partial charge in [-0.3, -0.25) is 9.59 Å². The Hall–Kier alpha value is -2.91. The predicted octanol–water partition coefficient (Wildman–Crippen LogP) is 2.92. The van der Waals surface area contributed by atoms with Crippen LogP contribution < -0.4 is 10.6 Å². The highest BCUT2D eigenvalue weighted by Gasteiger charge is 2.19. The first-order chi connectivity index (χ1) is 14.5. The fourth-order valence-electron chi connectivity index (χ4n) is 2.47. The van der Waals surface area contributed by atoms with Crippen LogP contribution in [0, 0.1) is 5.92 Å². The summed E-state index contributed by atoms with van der Waals surface area (Å²) in [7, 11) is -3.55. The number of nitrogens with one attached hydrogen (secondary N) is 2. The summed E-state index contributed by atoms with van der Waals surface area (Å²) in [5, 5.41) is 5.29. The van der Waals surface area contributed by atoms with Crippen LogP contribution in [0.4, 0.5) is 5.69 Å². The summed E-state index contributed by atoms with van der Waals surface area (Å²) in [6.45, 7) is 3.74. The first kappa shape index (κ1) is 24.4. The number of esters is 1. The van der Waals surface area contributed by atoms with Crippen molar-refractivity contribution in [3.63, 3.8) is 0 Å². The lowest BCUT2D eigenvalue weighted by molar-refractivity contribution is -0.119. The molecule has 2 N–H and O–H groups in total. The Morgan fingerprint density at radius 1 is 1.06 bits per heavy atom. The van der Waals surface area contributed by atoms with Gasteiger partial charge in [-0.05, 0) is 36.2 Å². The average molecular weight is 467 g/mol. The largest absolute Gasteiger partial charge is 0.452 e. The number of halogens is 1. The Morgan fingerprint density at radius 3 is 2.39 bits per heavy atom. The van der Waals surface area contributed by atoms with E-state index in [1.807, 2.05) is 13.8 Å². The number of carbonyl (C=O) groups is 3. The van der Waals surface area contributed by atoms with Gasteiger partial charge in [0.05, 0.1) is 26.7 Å². The number of hydrogen-bond donors (Lipinski definition) is 2. The van der Waals surface area contributed by atoms with Gasteiger partial charge in [0, 0.05) is 12.8 Å². The van der Waals surface area contributed by atoms with Crippen LogP contribution in [0.1, 0.15) is 34.6 Å². The third-order valence-corrected chi connectivity index (χ3v) is 5.48. The molecule has 0 aliphatic rings. The standard InChI is InChI=1S/C21H23ClN2O6S/c1-13(2)11-23-20(26)15-6-4-5-7-18(15)24-19(25)12-30-21(27)16-10-14(31(3,28)29)8-9-17(16)22/h4-10,13H,11-12H2,1-3H3,(H,23,26)(H,24,25). The second-order valence-electron chi connectivity index (χ2n) is 7.19. The first-order valence-corrected chi connectivity index (χ1v) is 11.6. The summed E-state index contributed by atoms with van der Waals surface area (Å²) in [4.78, 5) is 36.8. The molecule has 0 aromatic heterocycles. The van der Waals surface area contributed by atoms with Gasteiger partial charge >= 0.3 is 5.97 Å². The van der Waals surface area contributed by atoms with Crippen molar-refractivity contribution in [3.05, 3.63) is 58.6 Å². The summed E-state index contributed by atoms with van der Waals surface area (Å²) < 4.78 is 28.3. The molecule has 0 saturated carbocycles. The maximum absolute atomic E-state index is 12.3. The van der Waals surface area contributed by atoms with Crippen LogP contribution in [0.3, 0.4) is 0 Å². The summed E-state index contributed by atoms with van der Waals surface area (Å²) >= 11 is 5.95. The molecule has 166 valence electrons. The van der Waals surface area contributed by atoms with Gasteiger partial charge in [0.25, 0.3) is 11.8 Å². The maximum atomic E-state index is 12.3. The van der Waals surface area contributed by atoms with E-state index in [2.05, 4.69) is 10.6 Å². The van der Waals surface area contributed by atoms with Gasteiger partial charge in [-0.25, -0.2) is 13.2 Å². The van der Waals surface area contributed by atoms with Crippen LogP contribution in [0.2, 0.25) is 5.02 Å². The molecule has 0 spiro atoms. The van der Waals surface area contributed by atoms with E-state index < -0.39 is 28.3 Å². The number of anilines is 1. The maximum Gasteiger partial charge on any atom is 0.340 e. The predicted molar refractivity (Wildman–Crippen MR) is 117 cm³/mol. The number of ether oxygens (including phenoxy) is 1. The summed E-state index contributed by atoms with van der Waals surface area (Å²) in [6.07, 6.45) is 0.994. The Bertz CT molecular complexity index is 1100. The Balaban J connectivity index is 2.05. The Labute approximate surface area is 185 Å². The highest BCUT2D eigenvalue weighted by molar-refractivity contribution is 7.90. The Morgan fingerprint density at radius 2 is 1.74 bits per heavy atom. The molecule has 0 aliphatic carbocycles. The third kappa shape index (κ3) is 7.08. The molecule has 0 fully saturated rings. The number of sulfone groups is 1. The molecule has 0 atom stereocenters. The molecular formula is C21H23ClN2O6S. The molecule has 2 amide bonds. The molecule has 31 heavy (non-hydrogen) atoms. The summed E-state index contributed by atoms with van der Waals surface area (Å²) in [5.74, 6) is -1.70. The van der Waals surface area contributed by atoms with Crippen LogP contribution in [-0.2, 0) is 19.4 Å². The van der Waals surface area contributed by atoms with E-state index in [1.54, 1.807) is 24.3 Å². The summed E-state index contributed by atoms with van der Waals surface area (Å²) in [6, 6.07) is 10.0. The van der Waals surface area contributed by atoms with Crippen molar-refractivity contribution < 1.29 is 27.5 Å². The first-order valence-electron chi connectivity index (χ1n) is 9.33. The molecule has 2 aromatic rings. The van der Waals surface area contributed by atoms with E-state index >= 15 is 0 Å². The van der Waals surface area contributed by atoms with Gasteiger partial charge in [-0.2, -0.15) is 0 Å². The van der Waals surface area contributed by atoms with Crippen molar-refractivity contribution in [2.24, 2.45) is 5.92 Å². The van der Waals surface area contributed by atoms with E-state index in [4.69, 9.17) is 16.3 Å². The SMILES string of the molecule is CC(C)CNC(=O)c1ccccc1NC(=O)COC(=O)c1cc(S(C)(=O)=O)ccc1Cl. The normalized spacial score (nSPS) is 11.1. The molecule has 10 heteroatoms. The lowest BCUT2D eigenvalue weighted by atomic mass is 10.1. The monoisotopic (exact) mass is 466 g/mol. The smallest absolute Gasteiger partial charge is 0.340 e. The molecular weight excluding hydrogens is 444 g/mol. The molecule has 0 aliphatic heterocycles. The van der Waals surface area contributed by atoms with Crippen LogP contribution in [-0.4, -0.2) is 45.6 Å². The Kier molecular flexibility index (Phi) is 8.18. The van der Waals surface area contributed by atoms with Crippen LogP contribution in [0.15, 0.2) is 47.4 Å². The number of rotatable bonds is 8. The van der Waals surface area contributed by atoms with Crippen molar-refractivity contribution in [1.82, 2.24) is 5.32 Å². The van der Waals surface area contributed by atoms with Gasteiger partial charge in [-0.15, -0.1) is 0 Å². The van der Waals surface area contributed by atoms with Crippen molar-refractivity contribution in [1.29, 1.82) is 0 Å². The van der Waals surface area contributed by atoms with E-state index in [0.717, 1.165) is 12.3 Å². The van der Waals surface area contributed by atoms with Crippen LogP contribution >= 0.6 is 11.6 Å². The molecule has 0 unspecified atom stereocenters. The van der Waals surface area contributed by atoms with Crippen molar-refractivity contribution in [2.75, 3.05) is 24.7 Å². The topological polar surface area (TPSA) is 119 Å². The average Bonchev–Trinajstić information content (AvgIpc) is 2.70. The number of amides is 2. The molecule has 0 heterocycles. The van der Waals surface area contributed by atoms with Crippen molar-refractivity contribution >= 4 is 44.9 Å². The zero-order valence-electron chi connectivity index (χ0n) is 17.3.